The van der Waals surface area contributed by atoms with Gasteiger partial charge in [0, 0.05) is 36.4 Å². The Balaban J connectivity index is 1.32. The van der Waals surface area contributed by atoms with Crippen LogP contribution in [0.3, 0.4) is 0 Å². The van der Waals surface area contributed by atoms with Crippen LogP contribution in [0.1, 0.15) is 44.7 Å². The summed E-state index contributed by atoms with van der Waals surface area (Å²) in [6, 6.07) is 5.60. The number of hydrogen-bond acceptors (Lipinski definition) is 6. The fourth-order valence-electron chi connectivity index (χ4n) is 8.78. The summed E-state index contributed by atoms with van der Waals surface area (Å²) in [5.41, 5.74) is 4.79. The fraction of sp³-hybridized carbons (Fsp3) is 0.621. The lowest BCUT2D eigenvalue weighted by molar-refractivity contribution is -0.252. The van der Waals surface area contributed by atoms with E-state index in [4.69, 9.17) is 10.5 Å². The third kappa shape index (κ3) is 3.05. The molecule has 5 fully saturated rings. The van der Waals surface area contributed by atoms with Crippen LogP contribution in [0.15, 0.2) is 47.9 Å². The van der Waals surface area contributed by atoms with E-state index in [1.54, 1.807) is 6.20 Å². The Morgan fingerprint density at radius 3 is 2.81 bits per heavy atom. The van der Waals surface area contributed by atoms with Gasteiger partial charge in [-0.05, 0) is 68.7 Å². The van der Waals surface area contributed by atoms with Crippen molar-refractivity contribution in [1.29, 1.82) is 0 Å². The highest BCUT2D eigenvalue weighted by Crippen LogP contribution is 2.74. The van der Waals surface area contributed by atoms with E-state index in [-0.39, 0.29) is 24.3 Å². The van der Waals surface area contributed by atoms with Crippen LogP contribution in [0.2, 0.25) is 0 Å². The first-order valence-electron chi connectivity index (χ1n) is 13.8. The van der Waals surface area contributed by atoms with Crippen LogP contribution in [0.5, 0.6) is 0 Å². The van der Waals surface area contributed by atoms with Gasteiger partial charge in [0.1, 0.15) is 11.9 Å². The molecule has 3 saturated heterocycles. The van der Waals surface area contributed by atoms with Gasteiger partial charge in [-0.15, -0.1) is 0 Å². The summed E-state index contributed by atoms with van der Waals surface area (Å²) in [7, 11) is 0. The van der Waals surface area contributed by atoms with Gasteiger partial charge in [-0.1, -0.05) is 19.1 Å². The molecule has 1 spiro atoms. The molecule has 0 aromatic carbocycles. The number of piperidine rings is 1. The SMILES string of the molecule is CC12C3=C(C(N)=O)C=CC1CC1N(CC4CC4)CCC24[C@H](CN(C(=O)Cc2ccccn2)CCC14O)O3. The van der Waals surface area contributed by atoms with Crippen LogP contribution in [-0.4, -0.2) is 75.6 Å². The number of nitrogens with two attached hydrogens (primary N) is 1. The molecule has 2 amide bonds. The molecule has 8 nitrogen and oxygen atoms in total. The van der Waals surface area contributed by atoms with Gasteiger partial charge in [0.2, 0.25) is 5.91 Å². The third-order valence-corrected chi connectivity index (χ3v) is 10.7. The molecule has 4 heterocycles. The number of rotatable bonds is 5. The number of primary amides is 1. The van der Waals surface area contributed by atoms with Gasteiger partial charge in [0.15, 0.2) is 0 Å². The summed E-state index contributed by atoms with van der Waals surface area (Å²) < 4.78 is 6.75. The Labute approximate surface area is 217 Å². The summed E-state index contributed by atoms with van der Waals surface area (Å²) >= 11 is 0. The molecule has 6 aliphatic rings. The normalized spacial score (nSPS) is 40.2. The fourth-order valence-corrected chi connectivity index (χ4v) is 8.78. The molecule has 6 atom stereocenters. The molecule has 2 saturated carbocycles. The molecule has 7 rings (SSSR count). The molecule has 0 radical (unpaired) electrons. The molecule has 3 N–H and O–H groups in total. The zero-order valence-corrected chi connectivity index (χ0v) is 21.4. The van der Waals surface area contributed by atoms with E-state index in [1.807, 2.05) is 29.2 Å². The smallest absolute Gasteiger partial charge is 0.252 e. The lowest BCUT2D eigenvalue weighted by atomic mass is 9.40. The standard InChI is InChI=1S/C29H36N4O4/c1-27-19-7-8-21(26(30)35)25(27)37-23-17-33(24(34)15-20-4-2-3-11-31-20)13-10-29(36)22(14-19)32(16-18-5-6-18)12-9-28(23,27)29/h2-4,7-8,11,18-19,22-23,36H,5-6,9-10,12-17H2,1H3,(H2,30,35)/t19?,22?,23-,27?,28?,29?/m0/s1. The largest absolute Gasteiger partial charge is 0.491 e. The monoisotopic (exact) mass is 504 g/mol. The van der Waals surface area contributed by atoms with E-state index >= 15 is 0 Å². The van der Waals surface area contributed by atoms with Gasteiger partial charge in [0.05, 0.1) is 29.6 Å². The minimum atomic E-state index is -1.04. The molecule has 2 bridgehead atoms. The van der Waals surface area contributed by atoms with E-state index < -0.39 is 28.4 Å². The summed E-state index contributed by atoms with van der Waals surface area (Å²) in [4.78, 5) is 34.8. The maximum atomic E-state index is 13.5. The van der Waals surface area contributed by atoms with E-state index in [9.17, 15) is 14.7 Å². The maximum absolute atomic E-state index is 13.5. The van der Waals surface area contributed by atoms with Crippen molar-refractivity contribution in [1.82, 2.24) is 14.8 Å². The van der Waals surface area contributed by atoms with Crippen LogP contribution < -0.4 is 5.73 Å². The highest BCUT2D eigenvalue weighted by Gasteiger charge is 2.80. The predicted molar refractivity (Wildman–Crippen MR) is 136 cm³/mol. The van der Waals surface area contributed by atoms with Gasteiger partial charge in [-0.3, -0.25) is 19.5 Å². The molecule has 196 valence electrons. The highest BCUT2D eigenvalue weighted by molar-refractivity contribution is 5.96. The maximum Gasteiger partial charge on any atom is 0.252 e. The summed E-state index contributed by atoms with van der Waals surface area (Å²) in [6.07, 6.45) is 10.1. The summed E-state index contributed by atoms with van der Waals surface area (Å²) in [6.45, 7) is 4.98. The Morgan fingerprint density at radius 2 is 2.08 bits per heavy atom. The van der Waals surface area contributed by atoms with Crippen LogP contribution >= 0.6 is 0 Å². The number of amides is 2. The molecule has 37 heavy (non-hydrogen) atoms. The van der Waals surface area contributed by atoms with Gasteiger partial charge in [0.25, 0.3) is 5.91 Å². The van der Waals surface area contributed by atoms with Crippen LogP contribution in [0, 0.1) is 22.7 Å². The van der Waals surface area contributed by atoms with Crippen molar-refractivity contribution < 1.29 is 19.4 Å². The third-order valence-electron chi connectivity index (χ3n) is 10.7. The first-order valence-corrected chi connectivity index (χ1v) is 13.8. The number of pyridine rings is 1. The van der Waals surface area contributed by atoms with Crippen molar-refractivity contribution in [2.45, 2.75) is 63.2 Å². The lowest BCUT2D eigenvalue weighted by Gasteiger charge is -2.67. The number of nitrogens with zero attached hydrogens (tertiary/aromatic N) is 3. The van der Waals surface area contributed by atoms with Crippen LogP contribution in [0.4, 0.5) is 0 Å². The predicted octanol–water partition coefficient (Wildman–Crippen LogP) is 1.79. The van der Waals surface area contributed by atoms with Crippen LogP contribution in [0.25, 0.3) is 0 Å². The first-order chi connectivity index (χ1) is 17.8. The lowest BCUT2D eigenvalue weighted by Crippen LogP contribution is -2.76. The second-order valence-corrected chi connectivity index (χ2v) is 12.3. The number of carbonyl (C=O) groups excluding carboxylic acids is 2. The number of carbonyl (C=O) groups is 2. The van der Waals surface area contributed by atoms with Crippen molar-refractivity contribution in [3.05, 3.63) is 53.6 Å². The number of allylic oxidation sites excluding steroid dienone is 2. The molecular formula is C29H36N4O4. The molecule has 1 aromatic rings. The molecule has 8 heteroatoms. The Hall–Kier alpha value is -2.71. The van der Waals surface area contributed by atoms with Gasteiger partial charge in [-0.2, -0.15) is 0 Å². The minimum absolute atomic E-state index is 0.00371. The average Bonchev–Trinajstić information content (AvgIpc) is 3.66. The Morgan fingerprint density at radius 1 is 1.24 bits per heavy atom. The number of aromatic nitrogens is 1. The number of likely N-dealkylation sites (tertiary alicyclic amines) is 2. The molecule has 3 aliphatic carbocycles. The first kappa shape index (κ1) is 23.4. The summed E-state index contributed by atoms with van der Waals surface area (Å²) in [5.74, 6) is 0.980. The second kappa shape index (κ2) is 7.90. The summed E-state index contributed by atoms with van der Waals surface area (Å²) in [5, 5.41) is 12.9. The quantitative estimate of drug-likeness (QED) is 0.633. The van der Waals surface area contributed by atoms with E-state index in [1.165, 1.54) is 12.8 Å². The number of hydrogen-bond donors (Lipinski definition) is 2. The van der Waals surface area contributed by atoms with E-state index in [0.29, 0.717) is 30.8 Å². The topological polar surface area (TPSA) is 109 Å². The zero-order valence-electron chi connectivity index (χ0n) is 21.4. The van der Waals surface area contributed by atoms with Crippen molar-refractivity contribution >= 4 is 11.8 Å². The minimum Gasteiger partial charge on any atom is -0.491 e. The molecule has 5 unspecified atom stereocenters. The van der Waals surface area contributed by atoms with Crippen LogP contribution in [-0.2, 0) is 20.7 Å². The highest BCUT2D eigenvalue weighted by atomic mass is 16.5. The van der Waals surface area contributed by atoms with E-state index in [2.05, 4.69) is 22.9 Å². The van der Waals surface area contributed by atoms with Crippen molar-refractivity contribution in [2.75, 3.05) is 26.2 Å². The van der Waals surface area contributed by atoms with Gasteiger partial charge >= 0.3 is 0 Å². The van der Waals surface area contributed by atoms with E-state index in [0.717, 1.165) is 37.5 Å². The molecule has 1 aromatic heterocycles. The zero-order chi connectivity index (χ0) is 25.6. The average molecular weight is 505 g/mol. The molecule has 3 aliphatic heterocycles. The van der Waals surface area contributed by atoms with Gasteiger partial charge < -0.3 is 20.5 Å². The van der Waals surface area contributed by atoms with Crippen molar-refractivity contribution in [3.63, 3.8) is 0 Å². The second-order valence-electron chi connectivity index (χ2n) is 12.3. The number of ether oxygens (including phenoxy) is 1. The number of aliphatic hydroxyl groups is 1. The molecular weight excluding hydrogens is 468 g/mol. The Bertz CT molecular complexity index is 1210. The Kier molecular flexibility index (Phi) is 5.00. The van der Waals surface area contributed by atoms with Crippen molar-refractivity contribution in [3.8, 4) is 0 Å². The van der Waals surface area contributed by atoms with Crippen molar-refractivity contribution in [2.24, 2.45) is 28.4 Å². The van der Waals surface area contributed by atoms with Gasteiger partial charge in [-0.25, -0.2) is 0 Å².